The lowest BCUT2D eigenvalue weighted by atomic mass is 10.0. The summed E-state index contributed by atoms with van der Waals surface area (Å²) < 4.78 is 8.61. The molecule has 0 aliphatic heterocycles. The summed E-state index contributed by atoms with van der Waals surface area (Å²) in [5.74, 6) is -1.45. The van der Waals surface area contributed by atoms with Crippen LogP contribution < -0.4 is 5.32 Å². The van der Waals surface area contributed by atoms with Gasteiger partial charge in [-0.25, -0.2) is 0 Å². The predicted molar refractivity (Wildman–Crippen MR) is 65.1 cm³/mol. The van der Waals surface area contributed by atoms with E-state index in [9.17, 15) is 14.4 Å². The number of nitrogens with zero attached hydrogens (tertiary/aromatic N) is 1. The monoisotopic (exact) mass is 254 g/mol. The van der Waals surface area contributed by atoms with Crippen LogP contribution in [-0.2, 0) is 14.3 Å². The van der Waals surface area contributed by atoms with Gasteiger partial charge >= 0.3 is 5.97 Å². The molecular weight excluding hydrogens is 243 g/mol. The molecule has 1 N–H and O–H groups in total. The Hall–Kier alpha value is -1.70. The third-order valence-corrected chi connectivity index (χ3v) is 2.72. The van der Waals surface area contributed by atoms with Gasteiger partial charge in [-0.2, -0.15) is 4.37 Å². The van der Waals surface area contributed by atoms with Gasteiger partial charge in [0.25, 0.3) is 0 Å². The van der Waals surface area contributed by atoms with Crippen molar-refractivity contribution in [1.82, 2.24) is 4.37 Å². The fourth-order valence-corrected chi connectivity index (χ4v) is 2.01. The van der Waals surface area contributed by atoms with Crippen LogP contribution in [0, 0.1) is 0 Å². The van der Waals surface area contributed by atoms with Crippen LogP contribution in [0.2, 0.25) is 0 Å². The molecule has 0 aromatic carbocycles. The predicted octanol–water partition coefficient (Wildman–Crippen LogP) is 0.154. The number of aromatic nitrogens is 1. The first-order chi connectivity index (χ1) is 8.08. The second-order valence-corrected chi connectivity index (χ2v) is 4.08. The van der Waals surface area contributed by atoms with E-state index in [1.165, 1.54) is 15.0 Å². The van der Waals surface area contributed by atoms with E-state index >= 15 is 0 Å². The molecule has 1 aromatic rings. The van der Waals surface area contributed by atoms with Crippen LogP contribution in [0.4, 0.5) is 9.80 Å². The topological polar surface area (TPSA) is 85.4 Å². The molecule has 1 unspecified atom stereocenters. The summed E-state index contributed by atoms with van der Waals surface area (Å²) in [7, 11) is 2.63. The van der Waals surface area contributed by atoms with Gasteiger partial charge < -0.3 is 14.8 Å². The number of hydrogen-bond donors (Lipinski definition) is 1. The zero-order valence-electron chi connectivity index (χ0n) is 9.43. The number of aldehydes is 1. The lowest BCUT2D eigenvalue weighted by Crippen LogP contribution is -2.15. The molecule has 0 radical (unpaired) electrons. The number of hydrogen-bond acceptors (Lipinski definition) is 6. The van der Waals surface area contributed by atoms with Crippen LogP contribution in [0.1, 0.15) is 18.0 Å². The molecule has 90 valence electrons. The SMILES string of the molecule is BC(=O)Nc1cc(C(CC=O)C(=O)OC)ns1. The van der Waals surface area contributed by atoms with Crippen LogP contribution in [-0.4, -0.2) is 37.4 Å². The summed E-state index contributed by atoms with van der Waals surface area (Å²) >= 11 is 1.05. The summed E-state index contributed by atoms with van der Waals surface area (Å²) in [4.78, 5) is 32.7. The average Bonchev–Trinajstić information content (AvgIpc) is 2.72. The summed E-state index contributed by atoms with van der Waals surface area (Å²) in [5.41, 5.74) is 0.428. The van der Waals surface area contributed by atoms with E-state index in [4.69, 9.17) is 0 Å². The van der Waals surface area contributed by atoms with Gasteiger partial charge in [0.15, 0.2) is 5.81 Å². The Labute approximate surface area is 103 Å². The molecule has 0 aliphatic rings. The van der Waals surface area contributed by atoms with E-state index in [1.54, 1.807) is 6.07 Å². The van der Waals surface area contributed by atoms with E-state index in [2.05, 4.69) is 14.4 Å². The van der Waals surface area contributed by atoms with Gasteiger partial charge in [0.1, 0.15) is 17.2 Å². The lowest BCUT2D eigenvalue weighted by molar-refractivity contribution is -0.143. The van der Waals surface area contributed by atoms with Gasteiger partial charge in [-0.15, -0.1) is 0 Å². The number of anilines is 1. The first kappa shape index (κ1) is 13.4. The highest BCUT2D eigenvalue weighted by atomic mass is 32.1. The molecule has 1 rings (SSSR count). The maximum Gasteiger partial charge on any atom is 0.315 e. The first-order valence-corrected chi connectivity index (χ1v) is 5.61. The number of carbonyl (C=O) groups excluding carboxylic acids is 3. The Morgan fingerprint density at radius 1 is 1.71 bits per heavy atom. The Balaban J connectivity index is 2.87. The number of esters is 1. The van der Waals surface area contributed by atoms with Crippen molar-refractivity contribution in [1.29, 1.82) is 0 Å². The number of amides is 1. The third kappa shape index (κ3) is 3.67. The fraction of sp³-hybridized carbons (Fsp3) is 0.333. The first-order valence-electron chi connectivity index (χ1n) is 4.84. The highest BCUT2D eigenvalue weighted by molar-refractivity contribution is 7.10. The van der Waals surface area contributed by atoms with Crippen LogP contribution in [0.3, 0.4) is 0 Å². The van der Waals surface area contributed by atoms with E-state index in [0.29, 0.717) is 17.0 Å². The molecule has 0 fully saturated rings. The van der Waals surface area contributed by atoms with Gasteiger partial charge in [0.05, 0.1) is 12.8 Å². The number of carbonyl (C=O) groups is 3. The molecule has 0 bridgehead atoms. The molecule has 0 aliphatic carbocycles. The molecule has 1 aromatic heterocycles. The maximum absolute atomic E-state index is 11.4. The Kier molecular flexibility index (Phi) is 4.83. The van der Waals surface area contributed by atoms with Crippen LogP contribution in [0.15, 0.2) is 6.07 Å². The second kappa shape index (κ2) is 6.14. The average molecular weight is 254 g/mol. The quantitative estimate of drug-likeness (QED) is 0.459. The Morgan fingerprint density at radius 2 is 2.41 bits per heavy atom. The molecule has 1 heterocycles. The summed E-state index contributed by atoms with van der Waals surface area (Å²) in [6.45, 7) is 0. The number of methoxy groups -OCH3 is 1. The number of rotatable bonds is 5. The summed E-state index contributed by atoms with van der Waals surface area (Å²) in [6, 6.07) is 1.57. The molecule has 1 atom stereocenters. The van der Waals surface area contributed by atoms with Crippen LogP contribution >= 0.6 is 11.5 Å². The van der Waals surface area contributed by atoms with Crippen molar-refractivity contribution in [2.45, 2.75) is 12.3 Å². The molecule has 6 nitrogen and oxygen atoms in total. The van der Waals surface area contributed by atoms with Crippen molar-refractivity contribution in [2.75, 3.05) is 12.4 Å². The van der Waals surface area contributed by atoms with Gasteiger partial charge in [-0.05, 0) is 17.6 Å². The molecule has 8 heteroatoms. The van der Waals surface area contributed by atoms with E-state index < -0.39 is 11.9 Å². The maximum atomic E-state index is 11.4. The lowest BCUT2D eigenvalue weighted by Gasteiger charge is -2.07. The minimum absolute atomic E-state index is 0.00984. The van der Waals surface area contributed by atoms with E-state index in [1.807, 2.05) is 0 Å². The second-order valence-electron chi connectivity index (χ2n) is 3.28. The number of nitrogens with one attached hydrogen (secondary N) is 1. The minimum Gasteiger partial charge on any atom is -0.468 e. The Bertz CT molecular complexity index is 434. The van der Waals surface area contributed by atoms with Crippen molar-refractivity contribution in [2.24, 2.45) is 0 Å². The van der Waals surface area contributed by atoms with Gasteiger partial charge in [0, 0.05) is 6.42 Å². The van der Waals surface area contributed by atoms with Gasteiger partial charge in [0.2, 0.25) is 7.85 Å². The smallest absolute Gasteiger partial charge is 0.315 e. The zero-order chi connectivity index (χ0) is 12.8. The van der Waals surface area contributed by atoms with Gasteiger partial charge in [-0.3, -0.25) is 9.59 Å². The molecule has 0 spiro atoms. The Morgan fingerprint density at radius 3 is 2.94 bits per heavy atom. The standard InChI is InChI=1S/C9H11BN2O4S/c1-16-8(14)5(2-3-13)6-4-7(17-12-6)11-9(10)15/h3-5H,2,10H2,1H3,(H,11,15). The fourth-order valence-electron chi connectivity index (χ4n) is 1.26. The highest BCUT2D eigenvalue weighted by Crippen LogP contribution is 2.25. The highest BCUT2D eigenvalue weighted by Gasteiger charge is 2.24. The van der Waals surface area contributed by atoms with Crippen LogP contribution in [0.5, 0.6) is 0 Å². The largest absolute Gasteiger partial charge is 0.468 e. The molecule has 0 saturated heterocycles. The minimum atomic E-state index is -0.712. The third-order valence-electron chi connectivity index (χ3n) is 2.00. The molecule has 17 heavy (non-hydrogen) atoms. The number of ether oxygens (including phenoxy) is 1. The zero-order valence-corrected chi connectivity index (χ0v) is 10.2. The summed E-state index contributed by atoms with van der Waals surface area (Å²) in [6.07, 6.45) is 0.648. The van der Waals surface area contributed by atoms with Crippen LogP contribution in [0.25, 0.3) is 0 Å². The molecule has 1 amide bonds. The van der Waals surface area contributed by atoms with Crippen molar-refractivity contribution in [3.05, 3.63) is 11.8 Å². The van der Waals surface area contributed by atoms with Crippen molar-refractivity contribution in [3.8, 4) is 0 Å². The van der Waals surface area contributed by atoms with E-state index in [0.717, 1.165) is 11.5 Å². The van der Waals surface area contributed by atoms with Crippen molar-refractivity contribution < 1.29 is 19.1 Å². The summed E-state index contributed by atoms with van der Waals surface area (Å²) in [5, 5.41) is 3.09. The van der Waals surface area contributed by atoms with Crippen molar-refractivity contribution in [3.63, 3.8) is 0 Å². The normalized spacial score (nSPS) is 11.6. The van der Waals surface area contributed by atoms with E-state index in [-0.39, 0.29) is 12.2 Å². The molecular formula is C9H11BN2O4S. The van der Waals surface area contributed by atoms with Gasteiger partial charge in [-0.1, -0.05) is 0 Å². The van der Waals surface area contributed by atoms with Crippen molar-refractivity contribution >= 4 is 42.4 Å². The molecule has 0 saturated carbocycles.